The van der Waals surface area contributed by atoms with E-state index in [9.17, 15) is 10.1 Å². The van der Waals surface area contributed by atoms with Crippen molar-refractivity contribution in [2.45, 2.75) is 60.0 Å². The van der Waals surface area contributed by atoms with Gasteiger partial charge in [-0.15, -0.1) is 0 Å². The Morgan fingerprint density at radius 1 is 1.27 bits per heavy atom. The number of nitrogens with zero attached hydrogens (tertiary/aromatic N) is 1. The maximum atomic E-state index is 11.0. The quantitative estimate of drug-likeness (QED) is 0.465. The summed E-state index contributed by atoms with van der Waals surface area (Å²) >= 11 is 0. The van der Waals surface area contributed by atoms with Gasteiger partial charge in [-0.2, -0.15) is 0 Å². The number of hydrogen-bond acceptors (Lipinski definition) is 4. The Bertz CT molecular complexity index is 533. The first-order valence-corrected chi connectivity index (χ1v) is 7.72. The molecule has 0 saturated carbocycles. The van der Waals surface area contributed by atoms with Crippen LogP contribution in [0.25, 0.3) is 0 Å². The third-order valence-corrected chi connectivity index (χ3v) is 4.04. The van der Waals surface area contributed by atoms with Crippen LogP contribution in [0, 0.1) is 21.4 Å². The average molecular weight is 308 g/mol. The van der Waals surface area contributed by atoms with Crippen molar-refractivity contribution < 1.29 is 9.66 Å². The van der Waals surface area contributed by atoms with E-state index in [-0.39, 0.29) is 16.8 Å². The molecule has 0 fully saturated rings. The molecule has 0 saturated heterocycles. The zero-order valence-electron chi connectivity index (χ0n) is 14.5. The van der Waals surface area contributed by atoms with E-state index in [4.69, 9.17) is 10.5 Å². The van der Waals surface area contributed by atoms with E-state index in [1.807, 2.05) is 13.8 Å². The Morgan fingerprint density at radius 2 is 1.86 bits per heavy atom. The SMILES string of the molecule is CCCC(C(C)(C)C)C(C)(C)Oc1ccc(N)c([N+](=O)[O-])c1. The molecule has 5 heteroatoms. The second-order valence-corrected chi connectivity index (χ2v) is 7.39. The molecule has 5 nitrogen and oxygen atoms in total. The molecule has 0 aliphatic heterocycles. The molecule has 0 radical (unpaired) electrons. The highest BCUT2D eigenvalue weighted by molar-refractivity contribution is 5.60. The fourth-order valence-corrected chi connectivity index (χ4v) is 3.23. The number of nitro groups is 1. The first-order valence-electron chi connectivity index (χ1n) is 7.72. The van der Waals surface area contributed by atoms with E-state index in [0.717, 1.165) is 12.8 Å². The van der Waals surface area contributed by atoms with Crippen LogP contribution in [0.5, 0.6) is 5.75 Å². The van der Waals surface area contributed by atoms with Gasteiger partial charge < -0.3 is 10.5 Å². The van der Waals surface area contributed by atoms with Gasteiger partial charge in [0, 0.05) is 5.92 Å². The zero-order chi connectivity index (χ0) is 17.1. The molecule has 1 atom stereocenters. The van der Waals surface area contributed by atoms with Gasteiger partial charge in [-0.25, -0.2) is 0 Å². The standard InChI is InChI=1S/C17H28N2O3/c1-7-8-15(16(2,3)4)17(5,6)22-12-9-10-13(18)14(11-12)19(20)21/h9-11,15H,7-8,18H2,1-6H3. The van der Waals surface area contributed by atoms with Crippen LogP contribution in [0.1, 0.15) is 54.4 Å². The van der Waals surface area contributed by atoms with Crippen LogP contribution in [-0.2, 0) is 0 Å². The minimum Gasteiger partial charge on any atom is -0.487 e. The normalized spacial score (nSPS) is 13.7. The van der Waals surface area contributed by atoms with Gasteiger partial charge in [0.15, 0.2) is 0 Å². The predicted molar refractivity (Wildman–Crippen MR) is 90.1 cm³/mol. The second kappa shape index (κ2) is 6.55. The van der Waals surface area contributed by atoms with Gasteiger partial charge in [0.1, 0.15) is 17.0 Å². The fraction of sp³-hybridized carbons (Fsp3) is 0.647. The minimum absolute atomic E-state index is 0.0826. The number of hydrogen-bond donors (Lipinski definition) is 1. The molecule has 1 aromatic rings. The number of nitrogens with two attached hydrogens (primary N) is 1. The van der Waals surface area contributed by atoms with E-state index >= 15 is 0 Å². The Labute approximate surface area is 133 Å². The van der Waals surface area contributed by atoms with E-state index in [1.165, 1.54) is 12.1 Å². The first-order chi connectivity index (χ1) is 9.99. The van der Waals surface area contributed by atoms with E-state index < -0.39 is 10.5 Å². The van der Waals surface area contributed by atoms with Gasteiger partial charge in [0.05, 0.1) is 11.0 Å². The monoisotopic (exact) mass is 308 g/mol. The third-order valence-electron chi connectivity index (χ3n) is 4.04. The fourth-order valence-electron chi connectivity index (χ4n) is 3.23. The maximum Gasteiger partial charge on any atom is 0.295 e. The highest BCUT2D eigenvalue weighted by Crippen LogP contribution is 2.41. The first kappa shape index (κ1) is 18.3. The second-order valence-electron chi connectivity index (χ2n) is 7.39. The van der Waals surface area contributed by atoms with Crippen LogP contribution >= 0.6 is 0 Å². The Kier molecular flexibility index (Phi) is 5.44. The van der Waals surface area contributed by atoms with Crippen molar-refractivity contribution in [3.8, 4) is 5.75 Å². The number of anilines is 1. The molecule has 0 aliphatic carbocycles. The molecule has 22 heavy (non-hydrogen) atoms. The topological polar surface area (TPSA) is 78.4 Å². The lowest BCUT2D eigenvalue weighted by atomic mass is 9.69. The van der Waals surface area contributed by atoms with Crippen LogP contribution in [0.15, 0.2) is 18.2 Å². The molecule has 1 aromatic carbocycles. The number of nitro benzene ring substituents is 1. The molecule has 0 bridgehead atoms. The summed E-state index contributed by atoms with van der Waals surface area (Å²) in [6.45, 7) is 12.8. The Hall–Kier alpha value is -1.78. The highest BCUT2D eigenvalue weighted by Gasteiger charge is 2.39. The number of ether oxygens (including phenoxy) is 1. The summed E-state index contributed by atoms with van der Waals surface area (Å²) in [5, 5.41) is 11.0. The van der Waals surface area contributed by atoms with Crippen molar-refractivity contribution in [2.24, 2.45) is 11.3 Å². The smallest absolute Gasteiger partial charge is 0.295 e. The molecular formula is C17H28N2O3. The van der Waals surface area contributed by atoms with E-state index in [2.05, 4.69) is 27.7 Å². The highest BCUT2D eigenvalue weighted by atomic mass is 16.6. The molecule has 0 aromatic heterocycles. The van der Waals surface area contributed by atoms with Crippen molar-refractivity contribution in [3.63, 3.8) is 0 Å². The molecular weight excluding hydrogens is 280 g/mol. The molecule has 1 rings (SSSR count). The Morgan fingerprint density at radius 3 is 2.32 bits per heavy atom. The minimum atomic E-state index is -0.484. The Balaban J connectivity index is 3.10. The molecule has 0 amide bonds. The lowest BCUT2D eigenvalue weighted by molar-refractivity contribution is -0.384. The van der Waals surface area contributed by atoms with Gasteiger partial charge >= 0.3 is 0 Å². The maximum absolute atomic E-state index is 11.0. The van der Waals surface area contributed by atoms with Crippen molar-refractivity contribution in [1.29, 1.82) is 0 Å². The van der Waals surface area contributed by atoms with E-state index in [0.29, 0.717) is 11.7 Å². The zero-order valence-corrected chi connectivity index (χ0v) is 14.5. The summed E-state index contributed by atoms with van der Waals surface area (Å²) < 4.78 is 6.13. The van der Waals surface area contributed by atoms with Gasteiger partial charge in [0.2, 0.25) is 0 Å². The van der Waals surface area contributed by atoms with E-state index in [1.54, 1.807) is 6.07 Å². The number of benzene rings is 1. The summed E-state index contributed by atoms with van der Waals surface area (Å²) in [4.78, 5) is 10.5. The molecule has 0 heterocycles. The lowest BCUT2D eigenvalue weighted by Gasteiger charge is -2.42. The van der Waals surface area contributed by atoms with Crippen molar-refractivity contribution in [1.82, 2.24) is 0 Å². The van der Waals surface area contributed by atoms with Crippen LogP contribution in [-0.4, -0.2) is 10.5 Å². The number of nitrogen functional groups attached to an aromatic ring is 1. The van der Waals surface area contributed by atoms with Crippen LogP contribution in [0.3, 0.4) is 0 Å². The third kappa shape index (κ3) is 4.36. The van der Waals surface area contributed by atoms with Crippen LogP contribution < -0.4 is 10.5 Å². The van der Waals surface area contributed by atoms with Crippen molar-refractivity contribution in [3.05, 3.63) is 28.3 Å². The largest absolute Gasteiger partial charge is 0.487 e. The predicted octanol–water partition coefficient (Wildman–Crippen LogP) is 4.80. The summed E-state index contributed by atoms with van der Waals surface area (Å²) in [7, 11) is 0. The van der Waals surface area contributed by atoms with Gasteiger partial charge in [0.25, 0.3) is 5.69 Å². The summed E-state index contributed by atoms with van der Waals surface area (Å²) in [5.74, 6) is 0.804. The lowest BCUT2D eigenvalue weighted by Crippen LogP contribution is -2.44. The van der Waals surface area contributed by atoms with Crippen LogP contribution in [0.4, 0.5) is 11.4 Å². The molecule has 2 N–H and O–H groups in total. The van der Waals surface area contributed by atoms with Crippen LogP contribution in [0.2, 0.25) is 0 Å². The average Bonchev–Trinajstić information content (AvgIpc) is 2.36. The van der Waals surface area contributed by atoms with Crippen molar-refractivity contribution in [2.75, 3.05) is 5.73 Å². The summed E-state index contributed by atoms with van der Waals surface area (Å²) in [5.41, 5.74) is 5.32. The summed E-state index contributed by atoms with van der Waals surface area (Å²) in [6.07, 6.45) is 2.10. The van der Waals surface area contributed by atoms with Gasteiger partial charge in [-0.1, -0.05) is 34.1 Å². The summed E-state index contributed by atoms with van der Waals surface area (Å²) in [6, 6.07) is 4.62. The number of rotatable bonds is 6. The van der Waals surface area contributed by atoms with Gasteiger partial charge in [-0.05, 0) is 37.8 Å². The molecule has 1 unspecified atom stereocenters. The molecule has 124 valence electrons. The molecule has 0 spiro atoms. The van der Waals surface area contributed by atoms with Gasteiger partial charge in [-0.3, -0.25) is 10.1 Å². The molecule has 0 aliphatic rings. The van der Waals surface area contributed by atoms with Crippen molar-refractivity contribution >= 4 is 11.4 Å².